The molecule has 0 bridgehead atoms. The predicted octanol–water partition coefficient (Wildman–Crippen LogP) is 2.26. The first-order valence-corrected chi connectivity index (χ1v) is 5.02. The third-order valence-corrected chi connectivity index (χ3v) is 2.63. The molecule has 0 saturated carbocycles. The molecule has 0 heterocycles. The van der Waals surface area contributed by atoms with Crippen LogP contribution in [-0.2, 0) is 0 Å². The van der Waals surface area contributed by atoms with Crippen molar-refractivity contribution in [3.63, 3.8) is 0 Å². The number of hydrogen-bond acceptors (Lipinski definition) is 2. The quantitative estimate of drug-likeness (QED) is 0.773. The third kappa shape index (κ3) is 6.73. The van der Waals surface area contributed by atoms with Gasteiger partial charge in [-0.2, -0.15) is 13.2 Å². The molecule has 0 aliphatic heterocycles. The van der Waals surface area contributed by atoms with E-state index >= 15 is 0 Å². The number of alkyl halides is 3. The van der Waals surface area contributed by atoms with Crippen LogP contribution in [0.5, 0.6) is 0 Å². The highest BCUT2D eigenvalue weighted by atomic mass is 19.4. The lowest BCUT2D eigenvalue weighted by Crippen LogP contribution is -2.49. The van der Waals surface area contributed by atoms with Crippen LogP contribution >= 0.6 is 0 Å². The summed E-state index contributed by atoms with van der Waals surface area (Å²) in [5, 5.41) is 2.90. The topological polar surface area (TPSA) is 15.3 Å². The molecule has 0 spiro atoms. The lowest BCUT2D eigenvalue weighted by molar-refractivity contribution is -0.139. The number of rotatable bonds is 5. The summed E-state index contributed by atoms with van der Waals surface area (Å²) in [6.07, 6.45) is -4.87. The Bertz CT molecular complexity index is 188. The fourth-order valence-corrected chi connectivity index (χ4v) is 1.00. The fourth-order valence-electron chi connectivity index (χ4n) is 1.00. The number of hydrogen-bond donors (Lipinski definition) is 1. The van der Waals surface area contributed by atoms with Crippen LogP contribution in [0.15, 0.2) is 0 Å². The van der Waals surface area contributed by atoms with Crippen molar-refractivity contribution < 1.29 is 13.2 Å². The van der Waals surface area contributed by atoms with Crippen LogP contribution in [0.4, 0.5) is 13.2 Å². The van der Waals surface area contributed by atoms with Gasteiger partial charge in [0.1, 0.15) is 0 Å². The van der Waals surface area contributed by atoms with E-state index in [1.54, 1.807) is 6.92 Å². The Morgan fingerprint density at radius 3 is 2.00 bits per heavy atom. The van der Waals surface area contributed by atoms with E-state index in [-0.39, 0.29) is 5.54 Å². The summed E-state index contributed by atoms with van der Waals surface area (Å²) >= 11 is 0. The van der Waals surface area contributed by atoms with Crippen LogP contribution in [0.2, 0.25) is 0 Å². The van der Waals surface area contributed by atoms with Gasteiger partial charge < -0.3 is 10.2 Å². The lowest BCUT2D eigenvalue weighted by Gasteiger charge is -2.34. The molecule has 0 aliphatic carbocycles. The van der Waals surface area contributed by atoms with Gasteiger partial charge in [-0.15, -0.1) is 0 Å². The number of likely N-dealkylation sites (N-methyl/N-ethyl adjacent to an activating group) is 1. The normalized spacial score (nSPS) is 15.8. The molecule has 1 atom stereocenters. The summed E-state index contributed by atoms with van der Waals surface area (Å²) in [5.41, 5.74) is -0.139. The van der Waals surface area contributed by atoms with Gasteiger partial charge in [-0.3, -0.25) is 0 Å². The molecule has 0 aromatic carbocycles. The third-order valence-electron chi connectivity index (χ3n) is 2.63. The van der Waals surface area contributed by atoms with Crippen molar-refractivity contribution in [1.82, 2.24) is 10.2 Å². The molecule has 0 aromatic rings. The van der Waals surface area contributed by atoms with Crippen LogP contribution in [0.3, 0.4) is 0 Å². The van der Waals surface area contributed by atoms with Crippen molar-refractivity contribution in [2.45, 2.75) is 44.9 Å². The van der Waals surface area contributed by atoms with Crippen molar-refractivity contribution in [2.75, 3.05) is 20.6 Å². The number of nitrogens with one attached hydrogen (secondary N) is 1. The van der Waals surface area contributed by atoms with Gasteiger partial charge in [-0.1, -0.05) is 0 Å². The molecule has 0 amide bonds. The number of nitrogens with zero attached hydrogens (tertiary/aromatic N) is 1. The smallest absolute Gasteiger partial charge is 0.312 e. The molecule has 1 unspecified atom stereocenters. The standard InChI is InChI=1S/C10H21F3N2/c1-8(6-10(11,12)13)14-7-9(2,3)15(4)5/h8,14H,6-7H2,1-5H3. The van der Waals surface area contributed by atoms with E-state index in [1.165, 1.54) is 0 Å². The Morgan fingerprint density at radius 2 is 1.67 bits per heavy atom. The molecular formula is C10H21F3N2. The van der Waals surface area contributed by atoms with E-state index in [0.717, 1.165) is 0 Å². The van der Waals surface area contributed by atoms with Gasteiger partial charge in [0.2, 0.25) is 0 Å². The van der Waals surface area contributed by atoms with Gasteiger partial charge in [0.15, 0.2) is 0 Å². The minimum atomic E-state index is -4.09. The molecular weight excluding hydrogens is 205 g/mol. The minimum absolute atomic E-state index is 0.139. The molecule has 0 rings (SSSR count). The predicted molar refractivity (Wildman–Crippen MR) is 55.9 cm³/mol. The summed E-state index contributed by atoms with van der Waals surface area (Å²) in [6, 6.07) is -0.538. The Hall–Kier alpha value is -0.290. The Balaban J connectivity index is 3.96. The summed E-state index contributed by atoms with van der Waals surface area (Å²) in [4.78, 5) is 1.99. The molecule has 5 heteroatoms. The summed E-state index contributed by atoms with van der Waals surface area (Å²) < 4.78 is 36.1. The summed E-state index contributed by atoms with van der Waals surface area (Å²) in [6.45, 7) is 6.07. The zero-order valence-electron chi connectivity index (χ0n) is 10.1. The van der Waals surface area contributed by atoms with Gasteiger partial charge in [0.05, 0.1) is 6.42 Å². The van der Waals surface area contributed by atoms with E-state index in [0.29, 0.717) is 6.54 Å². The Morgan fingerprint density at radius 1 is 1.20 bits per heavy atom. The average molecular weight is 226 g/mol. The highest BCUT2D eigenvalue weighted by Gasteiger charge is 2.30. The maximum Gasteiger partial charge on any atom is 0.390 e. The van der Waals surface area contributed by atoms with E-state index in [9.17, 15) is 13.2 Å². The molecule has 0 saturated heterocycles. The molecule has 92 valence electrons. The van der Waals surface area contributed by atoms with E-state index < -0.39 is 18.6 Å². The van der Waals surface area contributed by atoms with Gasteiger partial charge >= 0.3 is 6.18 Å². The maximum atomic E-state index is 12.0. The summed E-state index contributed by atoms with van der Waals surface area (Å²) in [5.74, 6) is 0. The van der Waals surface area contributed by atoms with E-state index in [2.05, 4.69) is 5.32 Å². The van der Waals surface area contributed by atoms with E-state index in [4.69, 9.17) is 0 Å². The van der Waals surface area contributed by atoms with Crippen molar-refractivity contribution in [3.8, 4) is 0 Å². The van der Waals surface area contributed by atoms with Gasteiger partial charge in [0.25, 0.3) is 0 Å². The zero-order chi connectivity index (χ0) is 12.3. The van der Waals surface area contributed by atoms with Crippen molar-refractivity contribution in [1.29, 1.82) is 0 Å². The van der Waals surface area contributed by atoms with Crippen molar-refractivity contribution in [3.05, 3.63) is 0 Å². The zero-order valence-corrected chi connectivity index (χ0v) is 10.1. The van der Waals surface area contributed by atoms with Crippen LogP contribution in [-0.4, -0.2) is 43.3 Å². The SMILES string of the molecule is CC(CC(F)(F)F)NCC(C)(C)N(C)C. The van der Waals surface area contributed by atoms with Crippen molar-refractivity contribution in [2.24, 2.45) is 0 Å². The average Bonchev–Trinajstić information content (AvgIpc) is 1.97. The Kier molecular flexibility index (Phi) is 5.06. The fraction of sp³-hybridized carbons (Fsp3) is 1.00. The monoisotopic (exact) mass is 226 g/mol. The highest BCUT2D eigenvalue weighted by molar-refractivity contribution is 4.81. The molecule has 0 aromatic heterocycles. The molecule has 15 heavy (non-hydrogen) atoms. The van der Waals surface area contributed by atoms with E-state index in [1.807, 2.05) is 32.8 Å². The second kappa shape index (κ2) is 5.16. The second-order valence-corrected chi connectivity index (χ2v) is 4.81. The van der Waals surface area contributed by atoms with Gasteiger partial charge in [0, 0.05) is 18.1 Å². The first-order chi connectivity index (χ1) is 6.54. The summed E-state index contributed by atoms with van der Waals surface area (Å²) in [7, 11) is 3.83. The highest BCUT2D eigenvalue weighted by Crippen LogP contribution is 2.21. The Labute approximate surface area is 89.8 Å². The van der Waals surface area contributed by atoms with Crippen LogP contribution < -0.4 is 5.32 Å². The minimum Gasteiger partial charge on any atom is -0.312 e. The largest absolute Gasteiger partial charge is 0.390 e. The molecule has 0 aliphatic rings. The van der Waals surface area contributed by atoms with Crippen LogP contribution in [0.25, 0.3) is 0 Å². The maximum absolute atomic E-state index is 12.0. The first kappa shape index (κ1) is 14.7. The molecule has 2 nitrogen and oxygen atoms in total. The molecule has 0 fully saturated rings. The lowest BCUT2D eigenvalue weighted by atomic mass is 10.0. The van der Waals surface area contributed by atoms with Crippen LogP contribution in [0, 0.1) is 0 Å². The second-order valence-electron chi connectivity index (χ2n) is 4.81. The van der Waals surface area contributed by atoms with Gasteiger partial charge in [-0.25, -0.2) is 0 Å². The first-order valence-electron chi connectivity index (χ1n) is 5.02. The van der Waals surface area contributed by atoms with Gasteiger partial charge in [-0.05, 0) is 34.9 Å². The molecule has 0 radical (unpaired) electrons. The van der Waals surface area contributed by atoms with Crippen LogP contribution in [0.1, 0.15) is 27.2 Å². The van der Waals surface area contributed by atoms with Crippen molar-refractivity contribution >= 4 is 0 Å². The molecule has 1 N–H and O–H groups in total. The number of halogens is 3.